The Bertz CT molecular complexity index is 758. The van der Waals surface area contributed by atoms with E-state index in [1.807, 2.05) is 6.92 Å². The summed E-state index contributed by atoms with van der Waals surface area (Å²) in [6, 6.07) is 6.94. The van der Waals surface area contributed by atoms with E-state index in [0.29, 0.717) is 18.0 Å². The molecule has 4 rings (SSSR count). The molecule has 0 spiro atoms. The molecule has 1 aromatic rings. The van der Waals surface area contributed by atoms with E-state index in [2.05, 4.69) is 0 Å². The molecule has 3 aliphatic rings. The summed E-state index contributed by atoms with van der Waals surface area (Å²) < 4.78 is 11.4. The van der Waals surface area contributed by atoms with Crippen molar-refractivity contribution in [1.82, 2.24) is 0 Å². The van der Waals surface area contributed by atoms with E-state index >= 15 is 0 Å². The second-order valence-electron chi connectivity index (χ2n) is 7.04. The smallest absolute Gasteiger partial charge is 0.241 e. The minimum atomic E-state index is -1.09. The van der Waals surface area contributed by atoms with Crippen LogP contribution in [0, 0.1) is 11.8 Å². The van der Waals surface area contributed by atoms with Gasteiger partial charge in [-0.3, -0.25) is 9.59 Å². The predicted octanol–water partition coefficient (Wildman–Crippen LogP) is 1.67. The number of ether oxygens (including phenoxy) is 2. The fourth-order valence-corrected chi connectivity index (χ4v) is 4.21. The van der Waals surface area contributed by atoms with Crippen molar-refractivity contribution in [2.75, 3.05) is 18.1 Å². The zero-order valence-electron chi connectivity index (χ0n) is 14.3. The number of nitrogens with zero attached hydrogens (tertiary/aromatic N) is 1. The van der Waals surface area contributed by atoms with Crippen LogP contribution in [0.2, 0.25) is 0 Å². The highest BCUT2D eigenvalue weighted by Gasteiger charge is 2.72. The van der Waals surface area contributed by atoms with Gasteiger partial charge in [0.2, 0.25) is 11.8 Å². The Morgan fingerprint density at radius 3 is 2.48 bits per heavy atom. The molecule has 2 bridgehead atoms. The lowest BCUT2D eigenvalue weighted by Gasteiger charge is -2.27. The summed E-state index contributed by atoms with van der Waals surface area (Å²) in [5, 5.41) is 9.81. The van der Waals surface area contributed by atoms with Crippen LogP contribution < -0.4 is 9.64 Å². The van der Waals surface area contributed by atoms with Gasteiger partial charge in [0.1, 0.15) is 11.4 Å². The number of aliphatic hydroxyl groups excluding tert-OH is 1. The van der Waals surface area contributed by atoms with Gasteiger partial charge in [0.05, 0.1) is 36.3 Å². The van der Waals surface area contributed by atoms with Gasteiger partial charge in [-0.1, -0.05) is 19.1 Å². The highest BCUT2D eigenvalue weighted by molar-refractivity contribution is 6.23. The summed E-state index contributed by atoms with van der Waals surface area (Å²) >= 11 is 0. The number of carbonyl (C=O) groups excluding carboxylic acids is 2. The molecule has 6 nitrogen and oxygen atoms in total. The van der Waals surface area contributed by atoms with Crippen LogP contribution in [0.4, 0.5) is 5.69 Å². The first-order valence-electron chi connectivity index (χ1n) is 8.58. The van der Waals surface area contributed by atoms with Crippen molar-refractivity contribution in [3.63, 3.8) is 0 Å². The van der Waals surface area contributed by atoms with E-state index in [4.69, 9.17) is 9.47 Å². The van der Waals surface area contributed by atoms with Crippen molar-refractivity contribution in [3.8, 4) is 5.75 Å². The zero-order chi connectivity index (χ0) is 17.8. The Labute approximate surface area is 146 Å². The van der Waals surface area contributed by atoms with Crippen LogP contribution in [0.5, 0.6) is 5.75 Å². The van der Waals surface area contributed by atoms with Crippen LogP contribution in [-0.4, -0.2) is 41.3 Å². The molecule has 6 heteroatoms. The van der Waals surface area contributed by atoms with Crippen molar-refractivity contribution in [2.24, 2.45) is 11.8 Å². The molecule has 2 amide bonds. The van der Waals surface area contributed by atoms with Crippen LogP contribution >= 0.6 is 0 Å². The number of aliphatic hydroxyl groups is 1. The molecule has 3 aliphatic heterocycles. The Morgan fingerprint density at radius 2 is 1.84 bits per heavy atom. The maximum absolute atomic E-state index is 13.0. The molecular formula is C19H21NO5. The Morgan fingerprint density at radius 1 is 1.16 bits per heavy atom. The summed E-state index contributed by atoms with van der Waals surface area (Å²) in [7, 11) is 0. The summed E-state index contributed by atoms with van der Waals surface area (Å²) in [6.45, 7) is 4.11. The fraction of sp³-hybridized carbons (Fsp3) is 0.474. The molecule has 132 valence electrons. The molecule has 0 radical (unpaired) electrons. The van der Waals surface area contributed by atoms with Crippen molar-refractivity contribution >= 4 is 17.5 Å². The molecule has 3 heterocycles. The van der Waals surface area contributed by atoms with Gasteiger partial charge in [-0.2, -0.15) is 0 Å². The maximum Gasteiger partial charge on any atom is 0.241 e. The number of rotatable bonds is 5. The van der Waals surface area contributed by atoms with E-state index in [9.17, 15) is 14.7 Å². The lowest BCUT2D eigenvalue weighted by molar-refractivity contribution is -0.131. The highest BCUT2D eigenvalue weighted by atomic mass is 16.5. The predicted molar refractivity (Wildman–Crippen MR) is 90.1 cm³/mol. The second kappa shape index (κ2) is 5.41. The molecule has 1 N–H and O–H groups in total. The summed E-state index contributed by atoms with van der Waals surface area (Å²) in [5.74, 6) is -1.18. The molecule has 2 saturated heterocycles. The van der Waals surface area contributed by atoms with Crippen molar-refractivity contribution in [1.29, 1.82) is 0 Å². The number of hydrogen-bond donors (Lipinski definition) is 1. The Balaban J connectivity index is 1.66. The van der Waals surface area contributed by atoms with E-state index in [-0.39, 0.29) is 18.4 Å². The minimum absolute atomic E-state index is 0.278. The average molecular weight is 343 g/mol. The number of imide groups is 1. The summed E-state index contributed by atoms with van der Waals surface area (Å²) in [5.41, 5.74) is -1.42. The molecule has 4 atom stereocenters. The van der Waals surface area contributed by atoms with E-state index in [1.54, 1.807) is 43.3 Å². The van der Waals surface area contributed by atoms with Gasteiger partial charge < -0.3 is 14.6 Å². The van der Waals surface area contributed by atoms with Gasteiger partial charge in [0.15, 0.2) is 0 Å². The molecule has 0 unspecified atom stereocenters. The number of amides is 2. The van der Waals surface area contributed by atoms with E-state index in [0.717, 1.165) is 6.42 Å². The largest absolute Gasteiger partial charge is 0.494 e. The van der Waals surface area contributed by atoms with Crippen LogP contribution in [0.15, 0.2) is 36.4 Å². The van der Waals surface area contributed by atoms with Gasteiger partial charge in [0, 0.05) is 0 Å². The third kappa shape index (κ3) is 2.10. The lowest BCUT2D eigenvalue weighted by Crippen LogP contribution is -2.43. The van der Waals surface area contributed by atoms with Gasteiger partial charge in [-0.15, -0.1) is 0 Å². The second-order valence-corrected chi connectivity index (χ2v) is 7.04. The number of carbonyl (C=O) groups is 2. The first-order chi connectivity index (χ1) is 12.0. The molecule has 1 aromatic carbocycles. The average Bonchev–Trinajstić information content (AvgIpc) is 3.19. The van der Waals surface area contributed by atoms with Gasteiger partial charge in [-0.05, 0) is 37.6 Å². The SMILES string of the molecule is CCCOc1ccc(N2C(=O)[C@@H]3[C@H](C2=O)[C@@]2(CO)C=C[C@@]3(C)O2)cc1. The molecule has 0 aliphatic carbocycles. The van der Waals surface area contributed by atoms with Crippen molar-refractivity contribution in [2.45, 2.75) is 31.5 Å². The number of benzene rings is 1. The minimum Gasteiger partial charge on any atom is -0.494 e. The third-order valence-electron chi connectivity index (χ3n) is 5.37. The maximum atomic E-state index is 13.0. The van der Waals surface area contributed by atoms with Crippen LogP contribution in [0.25, 0.3) is 0 Å². The van der Waals surface area contributed by atoms with Crippen molar-refractivity contribution in [3.05, 3.63) is 36.4 Å². The first-order valence-corrected chi connectivity index (χ1v) is 8.58. The van der Waals surface area contributed by atoms with Gasteiger partial charge in [0.25, 0.3) is 0 Å². The molecule has 25 heavy (non-hydrogen) atoms. The zero-order valence-corrected chi connectivity index (χ0v) is 14.3. The summed E-state index contributed by atoms with van der Waals surface area (Å²) in [4.78, 5) is 27.2. The number of fused-ring (bicyclic) bond motifs is 5. The van der Waals surface area contributed by atoms with Crippen LogP contribution in [0.1, 0.15) is 20.3 Å². The molecule has 2 fully saturated rings. The van der Waals surface area contributed by atoms with Gasteiger partial charge >= 0.3 is 0 Å². The monoisotopic (exact) mass is 343 g/mol. The lowest BCUT2D eigenvalue weighted by atomic mass is 9.73. The third-order valence-corrected chi connectivity index (χ3v) is 5.37. The Kier molecular flexibility index (Phi) is 3.53. The Hall–Kier alpha value is -2.18. The molecular weight excluding hydrogens is 322 g/mol. The molecule has 0 saturated carbocycles. The van der Waals surface area contributed by atoms with Gasteiger partial charge in [-0.25, -0.2) is 4.90 Å². The van der Waals surface area contributed by atoms with E-state index in [1.165, 1.54) is 4.90 Å². The highest BCUT2D eigenvalue weighted by Crippen LogP contribution is 2.57. The normalized spacial score (nSPS) is 35.6. The summed E-state index contributed by atoms with van der Waals surface area (Å²) in [6.07, 6.45) is 4.42. The quantitative estimate of drug-likeness (QED) is 0.650. The molecule has 0 aromatic heterocycles. The van der Waals surface area contributed by atoms with Crippen LogP contribution in [-0.2, 0) is 14.3 Å². The number of hydrogen-bond acceptors (Lipinski definition) is 5. The topological polar surface area (TPSA) is 76.1 Å². The van der Waals surface area contributed by atoms with Crippen LogP contribution in [0.3, 0.4) is 0 Å². The first kappa shape index (κ1) is 16.3. The van der Waals surface area contributed by atoms with E-state index < -0.39 is 23.0 Å². The number of anilines is 1. The fourth-order valence-electron chi connectivity index (χ4n) is 4.21. The van der Waals surface area contributed by atoms with Crippen molar-refractivity contribution < 1.29 is 24.2 Å². The standard InChI is InChI=1S/C19H21NO5/c1-3-10-24-13-6-4-12(5-7-13)20-16(22)14-15(17(20)23)19(11-21)9-8-18(14,2)25-19/h4-9,14-15,21H,3,10-11H2,1-2H3/t14-,15+,18+,19-/m0/s1.